The van der Waals surface area contributed by atoms with Crippen LogP contribution in [0.5, 0.6) is 5.75 Å². The highest BCUT2D eigenvalue weighted by atomic mass is 19.3. The Kier molecular flexibility index (Phi) is 5.15. The first-order valence-electron chi connectivity index (χ1n) is 6.91. The average Bonchev–Trinajstić information content (AvgIpc) is 2.45. The van der Waals surface area contributed by atoms with Gasteiger partial charge in [-0.1, -0.05) is 18.7 Å². The molecule has 2 aromatic rings. The van der Waals surface area contributed by atoms with Crippen molar-refractivity contribution in [2.45, 2.75) is 20.5 Å². The first kappa shape index (κ1) is 16.0. The summed E-state index contributed by atoms with van der Waals surface area (Å²) < 4.78 is 35.1. The van der Waals surface area contributed by atoms with E-state index in [4.69, 9.17) is 9.47 Å². The zero-order valence-corrected chi connectivity index (χ0v) is 12.7. The van der Waals surface area contributed by atoms with Crippen molar-refractivity contribution in [2.75, 3.05) is 6.61 Å². The highest BCUT2D eigenvalue weighted by molar-refractivity contribution is 5.92. The summed E-state index contributed by atoms with van der Waals surface area (Å²) in [6.45, 7) is 7.71. The molecule has 0 amide bonds. The number of benzene rings is 2. The quantitative estimate of drug-likeness (QED) is 0.676. The predicted molar refractivity (Wildman–Crippen MR) is 84.2 cm³/mol. The Labute approximate surface area is 128 Å². The summed E-state index contributed by atoms with van der Waals surface area (Å²) in [5.74, 6) is 0.594. The van der Waals surface area contributed by atoms with Gasteiger partial charge in [-0.2, -0.15) is 8.78 Å². The van der Waals surface area contributed by atoms with E-state index in [-0.39, 0.29) is 6.61 Å². The fourth-order valence-corrected chi connectivity index (χ4v) is 2.38. The van der Waals surface area contributed by atoms with Crippen molar-refractivity contribution in [3.8, 4) is 5.75 Å². The number of fused-ring (bicyclic) bond motifs is 1. The molecule has 0 atom stereocenters. The average molecular weight is 304 g/mol. The molecule has 0 unspecified atom stereocenters. The molecule has 0 aliphatic carbocycles. The summed E-state index contributed by atoms with van der Waals surface area (Å²) in [7, 11) is 0. The van der Waals surface area contributed by atoms with E-state index >= 15 is 0 Å². The Hall–Kier alpha value is -2.36. The molecule has 0 aliphatic heterocycles. The number of hydrogen-bond acceptors (Lipinski definition) is 2. The molecular weight excluding hydrogens is 286 g/mol. The predicted octanol–water partition coefficient (Wildman–Crippen LogP) is 5.28. The normalized spacial score (nSPS) is 10.4. The lowest BCUT2D eigenvalue weighted by Gasteiger charge is -2.13. The second-order valence-electron chi connectivity index (χ2n) is 5.06. The van der Waals surface area contributed by atoms with Crippen LogP contribution < -0.4 is 4.74 Å². The van der Waals surface area contributed by atoms with E-state index in [0.29, 0.717) is 12.4 Å². The monoisotopic (exact) mass is 304 g/mol. The highest BCUT2D eigenvalue weighted by Gasteiger charge is 2.09. The van der Waals surface area contributed by atoms with Crippen LogP contribution in [0.2, 0.25) is 0 Å². The van der Waals surface area contributed by atoms with E-state index in [0.717, 1.165) is 33.5 Å². The van der Waals surface area contributed by atoms with Gasteiger partial charge in [0, 0.05) is 11.5 Å². The summed E-state index contributed by atoms with van der Waals surface area (Å²) in [6, 6.07) is 7.91. The molecule has 0 fully saturated rings. The summed E-state index contributed by atoms with van der Waals surface area (Å²) in [4.78, 5) is 0. The zero-order valence-electron chi connectivity index (χ0n) is 12.7. The fourth-order valence-electron chi connectivity index (χ4n) is 2.38. The third-order valence-corrected chi connectivity index (χ3v) is 3.24. The number of halogens is 2. The molecule has 0 bridgehead atoms. The molecule has 0 saturated carbocycles. The Morgan fingerprint density at radius 3 is 2.45 bits per heavy atom. The Morgan fingerprint density at radius 1 is 1.09 bits per heavy atom. The van der Waals surface area contributed by atoms with Gasteiger partial charge < -0.3 is 9.47 Å². The van der Waals surface area contributed by atoms with Gasteiger partial charge in [0.25, 0.3) is 6.08 Å². The smallest absolute Gasteiger partial charge is 0.269 e. The molecule has 0 heterocycles. The molecule has 0 spiro atoms. The van der Waals surface area contributed by atoms with Gasteiger partial charge in [-0.15, -0.1) is 0 Å². The molecule has 22 heavy (non-hydrogen) atoms. The molecule has 0 aliphatic rings. The molecule has 4 heteroatoms. The minimum absolute atomic E-state index is 0.159. The number of ether oxygens (including phenoxy) is 2. The molecule has 0 saturated heterocycles. The van der Waals surface area contributed by atoms with Crippen LogP contribution in [0, 0.1) is 13.8 Å². The van der Waals surface area contributed by atoms with Gasteiger partial charge in [0.2, 0.25) is 0 Å². The summed E-state index contributed by atoms with van der Waals surface area (Å²) in [5.41, 5.74) is 3.06. The van der Waals surface area contributed by atoms with Crippen molar-refractivity contribution >= 4 is 10.8 Å². The van der Waals surface area contributed by atoms with Crippen molar-refractivity contribution in [3.63, 3.8) is 0 Å². The van der Waals surface area contributed by atoms with Crippen molar-refractivity contribution in [2.24, 2.45) is 0 Å². The minimum atomic E-state index is -1.74. The topological polar surface area (TPSA) is 18.5 Å². The Bertz CT molecular complexity index is 717. The second kappa shape index (κ2) is 7.07. The van der Waals surface area contributed by atoms with Crippen LogP contribution in [-0.2, 0) is 11.3 Å². The lowest BCUT2D eigenvalue weighted by Crippen LogP contribution is -1.98. The van der Waals surface area contributed by atoms with Crippen LogP contribution in [0.1, 0.15) is 16.7 Å². The molecule has 0 N–H and O–H groups in total. The maximum absolute atomic E-state index is 12.2. The fraction of sp³-hybridized carbons (Fsp3) is 0.222. The lowest BCUT2D eigenvalue weighted by molar-refractivity contribution is 0.239. The SMILES string of the molecule is C=COCc1cc(C)cc2c(OCC=C(F)F)cc(C)cc12. The van der Waals surface area contributed by atoms with Gasteiger partial charge >= 0.3 is 0 Å². The minimum Gasteiger partial charge on any atom is -0.497 e. The van der Waals surface area contributed by atoms with E-state index in [1.165, 1.54) is 6.26 Å². The lowest BCUT2D eigenvalue weighted by atomic mass is 9.99. The van der Waals surface area contributed by atoms with E-state index in [1.807, 2.05) is 38.1 Å². The molecule has 0 aromatic heterocycles. The van der Waals surface area contributed by atoms with E-state index in [1.54, 1.807) is 0 Å². The van der Waals surface area contributed by atoms with Crippen LogP contribution in [-0.4, -0.2) is 6.61 Å². The third-order valence-electron chi connectivity index (χ3n) is 3.24. The number of aryl methyl sites for hydroxylation is 2. The molecular formula is C18H18F2O2. The summed E-state index contributed by atoms with van der Waals surface area (Å²) >= 11 is 0. The van der Waals surface area contributed by atoms with Crippen LogP contribution in [0.3, 0.4) is 0 Å². The molecule has 0 radical (unpaired) electrons. The Morgan fingerprint density at radius 2 is 1.77 bits per heavy atom. The van der Waals surface area contributed by atoms with E-state index in [9.17, 15) is 8.78 Å². The second-order valence-corrected chi connectivity index (χ2v) is 5.06. The van der Waals surface area contributed by atoms with Gasteiger partial charge in [0.1, 0.15) is 19.0 Å². The standard InChI is InChI=1S/C18H18F2O2/c1-4-21-11-14-7-12(2)9-16-15(14)8-13(3)10-17(16)22-6-5-18(19)20/h4-5,7-10H,1,6,11H2,2-3H3. The van der Waals surface area contributed by atoms with Crippen LogP contribution in [0.4, 0.5) is 8.78 Å². The van der Waals surface area contributed by atoms with Crippen LogP contribution in [0.15, 0.2) is 49.3 Å². The van der Waals surface area contributed by atoms with Crippen LogP contribution >= 0.6 is 0 Å². The van der Waals surface area contributed by atoms with Gasteiger partial charge in [0.15, 0.2) is 0 Å². The molecule has 2 nitrogen and oxygen atoms in total. The zero-order chi connectivity index (χ0) is 16.1. The first-order valence-corrected chi connectivity index (χ1v) is 6.91. The first-order chi connectivity index (χ1) is 10.5. The molecule has 2 aromatic carbocycles. The van der Waals surface area contributed by atoms with Crippen molar-refractivity contribution in [1.82, 2.24) is 0 Å². The van der Waals surface area contributed by atoms with Gasteiger partial charge in [-0.25, -0.2) is 0 Å². The van der Waals surface area contributed by atoms with Crippen LogP contribution in [0.25, 0.3) is 10.8 Å². The van der Waals surface area contributed by atoms with Crippen molar-refractivity contribution in [1.29, 1.82) is 0 Å². The molecule has 2 rings (SSSR count). The van der Waals surface area contributed by atoms with Gasteiger partial charge in [-0.3, -0.25) is 0 Å². The number of hydrogen-bond donors (Lipinski definition) is 0. The van der Waals surface area contributed by atoms with Gasteiger partial charge in [-0.05, 0) is 48.1 Å². The summed E-state index contributed by atoms with van der Waals surface area (Å²) in [6.07, 6.45) is 0.412. The van der Waals surface area contributed by atoms with Crippen molar-refractivity contribution < 1.29 is 18.3 Å². The third kappa shape index (κ3) is 3.85. The maximum Gasteiger partial charge on any atom is 0.269 e. The van der Waals surface area contributed by atoms with E-state index < -0.39 is 6.08 Å². The molecule has 116 valence electrons. The maximum atomic E-state index is 12.2. The summed E-state index contributed by atoms with van der Waals surface area (Å²) in [5, 5.41) is 1.88. The van der Waals surface area contributed by atoms with Crippen molar-refractivity contribution in [3.05, 3.63) is 66.0 Å². The largest absolute Gasteiger partial charge is 0.497 e. The number of rotatable bonds is 6. The Balaban J connectivity index is 2.49. The van der Waals surface area contributed by atoms with E-state index in [2.05, 4.69) is 6.58 Å². The highest BCUT2D eigenvalue weighted by Crippen LogP contribution is 2.31. The van der Waals surface area contributed by atoms with Gasteiger partial charge in [0.05, 0.1) is 6.26 Å².